The summed E-state index contributed by atoms with van der Waals surface area (Å²) in [5.41, 5.74) is 5.46. The van der Waals surface area contributed by atoms with E-state index < -0.39 is 0 Å². The Labute approximate surface area is 161 Å². The first kappa shape index (κ1) is 18.9. The number of ether oxygens (including phenoxy) is 1. The quantitative estimate of drug-likeness (QED) is 0.472. The summed E-state index contributed by atoms with van der Waals surface area (Å²) in [5.74, 6) is 1.45. The first-order valence-corrected chi connectivity index (χ1v) is 9.48. The number of benzene rings is 2. The monoisotopic (exact) mass is 358 g/mol. The van der Waals surface area contributed by atoms with E-state index >= 15 is 0 Å². The van der Waals surface area contributed by atoms with Crippen molar-refractivity contribution in [3.8, 4) is 5.75 Å². The number of aldehydes is 1. The van der Waals surface area contributed by atoms with Crippen LogP contribution in [0.4, 0.5) is 0 Å². The van der Waals surface area contributed by atoms with Gasteiger partial charge in [0, 0.05) is 5.92 Å². The fourth-order valence-electron chi connectivity index (χ4n) is 4.05. The molecule has 2 nitrogen and oxygen atoms in total. The lowest BCUT2D eigenvalue weighted by atomic mass is 9.69. The van der Waals surface area contributed by atoms with E-state index in [2.05, 4.69) is 62.1 Å². The molecule has 0 fully saturated rings. The van der Waals surface area contributed by atoms with Crippen LogP contribution in [-0.4, -0.2) is 12.9 Å². The molecule has 138 valence electrons. The van der Waals surface area contributed by atoms with E-state index in [1.807, 2.05) is 24.3 Å². The first-order valence-electron chi connectivity index (χ1n) is 9.48. The number of hydrogen-bond acceptors (Lipinski definition) is 2. The van der Waals surface area contributed by atoms with Gasteiger partial charge in [0.2, 0.25) is 0 Å². The molecule has 2 aromatic carbocycles. The lowest BCUT2D eigenvalue weighted by Crippen LogP contribution is -2.23. The molecule has 1 aliphatic rings. The van der Waals surface area contributed by atoms with Gasteiger partial charge in [-0.2, -0.15) is 0 Å². The average molecular weight is 358 g/mol. The van der Waals surface area contributed by atoms with Crippen molar-refractivity contribution in [2.75, 3.05) is 6.61 Å². The Kier molecular flexibility index (Phi) is 6.43. The van der Waals surface area contributed by atoms with Crippen molar-refractivity contribution in [2.24, 2.45) is 5.92 Å². The number of aryl methyl sites for hydroxylation is 1. The highest BCUT2D eigenvalue weighted by molar-refractivity contribution is 5.51. The van der Waals surface area contributed by atoms with Crippen LogP contribution in [0.5, 0.6) is 5.75 Å². The molecule has 1 aliphatic carbocycles. The second-order valence-electron chi connectivity index (χ2n) is 6.75. The minimum absolute atomic E-state index is 0.0866. The standard InChI is InChI=1S/C25H26O2/c1-3-5-8-19(4-2)24-16-13-20-9-6-7-10-23(20)25(24)21-11-14-22(15-12-21)27-18-17-26/h3-12,14-15,17,24-25H,1,13,16,18H2,2H3/b8-5-,19-4+. The lowest BCUT2D eigenvalue weighted by Gasteiger charge is -2.35. The van der Waals surface area contributed by atoms with Crippen LogP contribution in [0, 0.1) is 5.92 Å². The van der Waals surface area contributed by atoms with Gasteiger partial charge in [-0.05, 0) is 60.1 Å². The molecule has 0 radical (unpaired) electrons. The van der Waals surface area contributed by atoms with Crippen molar-refractivity contribution in [3.63, 3.8) is 0 Å². The topological polar surface area (TPSA) is 26.3 Å². The van der Waals surface area contributed by atoms with Crippen molar-refractivity contribution in [2.45, 2.75) is 25.7 Å². The smallest absolute Gasteiger partial charge is 0.157 e. The van der Waals surface area contributed by atoms with Crippen molar-refractivity contribution < 1.29 is 9.53 Å². The predicted octanol–water partition coefficient (Wildman–Crippen LogP) is 5.65. The van der Waals surface area contributed by atoms with Crippen LogP contribution in [0.15, 0.2) is 85.0 Å². The molecule has 2 atom stereocenters. The molecule has 0 spiro atoms. The Morgan fingerprint density at radius 1 is 1.19 bits per heavy atom. The number of carbonyl (C=O) groups excluding carboxylic acids is 1. The summed E-state index contributed by atoms with van der Waals surface area (Å²) in [7, 11) is 0. The number of hydrogen-bond donors (Lipinski definition) is 0. The van der Waals surface area contributed by atoms with Gasteiger partial charge in [0.05, 0.1) is 0 Å². The fourth-order valence-corrected chi connectivity index (χ4v) is 4.05. The largest absolute Gasteiger partial charge is 0.486 e. The van der Waals surface area contributed by atoms with Gasteiger partial charge in [0.25, 0.3) is 0 Å². The Morgan fingerprint density at radius 3 is 2.67 bits per heavy atom. The number of allylic oxidation sites excluding steroid dienone is 5. The molecule has 2 unspecified atom stereocenters. The normalized spacial score (nSPS) is 19.5. The third kappa shape index (κ3) is 4.28. The molecule has 0 saturated heterocycles. The summed E-state index contributed by atoms with van der Waals surface area (Å²) in [6.07, 6.45) is 11.2. The van der Waals surface area contributed by atoms with Crippen LogP contribution < -0.4 is 4.74 Å². The molecule has 0 bridgehead atoms. The molecule has 3 rings (SSSR count). The van der Waals surface area contributed by atoms with Gasteiger partial charge in [0.1, 0.15) is 12.4 Å². The molecule has 0 heterocycles. The van der Waals surface area contributed by atoms with Crippen molar-refractivity contribution in [1.82, 2.24) is 0 Å². The molecule has 0 aromatic heterocycles. The lowest BCUT2D eigenvalue weighted by molar-refractivity contribution is -0.109. The van der Waals surface area contributed by atoms with Gasteiger partial charge in [-0.3, -0.25) is 4.79 Å². The maximum absolute atomic E-state index is 10.5. The van der Waals surface area contributed by atoms with Crippen molar-refractivity contribution in [1.29, 1.82) is 0 Å². The Bertz CT molecular complexity index is 843. The van der Waals surface area contributed by atoms with Crippen LogP contribution in [0.1, 0.15) is 36.0 Å². The summed E-state index contributed by atoms with van der Waals surface area (Å²) in [4.78, 5) is 10.5. The van der Waals surface area contributed by atoms with E-state index in [0.717, 1.165) is 24.9 Å². The molecule has 0 aliphatic heterocycles. The third-order valence-corrected chi connectivity index (χ3v) is 5.26. The second kappa shape index (κ2) is 9.18. The Morgan fingerprint density at radius 2 is 1.96 bits per heavy atom. The highest BCUT2D eigenvalue weighted by atomic mass is 16.5. The maximum Gasteiger partial charge on any atom is 0.157 e. The van der Waals surface area contributed by atoms with Crippen molar-refractivity contribution >= 4 is 6.29 Å². The molecular formula is C25H26O2. The number of rotatable bonds is 7. The zero-order valence-corrected chi connectivity index (χ0v) is 15.8. The van der Waals surface area contributed by atoms with E-state index in [1.54, 1.807) is 0 Å². The minimum atomic E-state index is 0.0866. The van der Waals surface area contributed by atoms with Crippen LogP contribution in [0.3, 0.4) is 0 Å². The molecule has 0 N–H and O–H groups in total. The third-order valence-electron chi connectivity index (χ3n) is 5.26. The van der Waals surface area contributed by atoms with Gasteiger partial charge in [-0.1, -0.05) is 67.3 Å². The summed E-state index contributed by atoms with van der Waals surface area (Å²) in [6.45, 7) is 6.00. The number of carbonyl (C=O) groups is 1. The number of fused-ring (bicyclic) bond motifs is 1. The Hall–Kier alpha value is -2.87. The van der Waals surface area contributed by atoms with E-state index in [0.29, 0.717) is 11.8 Å². The highest BCUT2D eigenvalue weighted by Crippen LogP contribution is 2.44. The Balaban J connectivity index is 2.01. The van der Waals surface area contributed by atoms with Gasteiger partial charge < -0.3 is 4.74 Å². The molecule has 2 aromatic rings. The molecule has 0 amide bonds. The second-order valence-corrected chi connectivity index (χ2v) is 6.75. The zero-order chi connectivity index (χ0) is 19.1. The molecule has 0 saturated carbocycles. The van der Waals surface area contributed by atoms with E-state index in [4.69, 9.17) is 4.74 Å². The van der Waals surface area contributed by atoms with Crippen LogP contribution in [-0.2, 0) is 11.2 Å². The van der Waals surface area contributed by atoms with Crippen LogP contribution >= 0.6 is 0 Å². The first-order chi connectivity index (χ1) is 13.3. The van der Waals surface area contributed by atoms with E-state index in [-0.39, 0.29) is 6.61 Å². The minimum Gasteiger partial charge on any atom is -0.486 e. The summed E-state index contributed by atoms with van der Waals surface area (Å²) in [6, 6.07) is 16.9. The van der Waals surface area contributed by atoms with Crippen molar-refractivity contribution in [3.05, 3.63) is 102 Å². The van der Waals surface area contributed by atoms with E-state index in [9.17, 15) is 4.79 Å². The van der Waals surface area contributed by atoms with Gasteiger partial charge in [0.15, 0.2) is 6.29 Å². The van der Waals surface area contributed by atoms with E-state index in [1.165, 1.54) is 22.3 Å². The SMILES string of the molecule is C=C/C=C\C(=C/C)C1CCc2ccccc2C1c1ccc(OCC=O)cc1. The zero-order valence-electron chi connectivity index (χ0n) is 15.8. The summed E-state index contributed by atoms with van der Waals surface area (Å²) >= 11 is 0. The fraction of sp³-hybridized carbons (Fsp3) is 0.240. The summed E-state index contributed by atoms with van der Waals surface area (Å²) < 4.78 is 5.41. The van der Waals surface area contributed by atoms with Gasteiger partial charge in [-0.25, -0.2) is 0 Å². The predicted molar refractivity (Wildman–Crippen MR) is 111 cm³/mol. The van der Waals surface area contributed by atoms with Gasteiger partial charge in [-0.15, -0.1) is 0 Å². The molecule has 2 heteroatoms. The molecular weight excluding hydrogens is 332 g/mol. The summed E-state index contributed by atoms with van der Waals surface area (Å²) in [5, 5.41) is 0. The maximum atomic E-state index is 10.5. The average Bonchev–Trinajstić information content (AvgIpc) is 2.73. The highest BCUT2D eigenvalue weighted by Gasteiger charge is 2.32. The van der Waals surface area contributed by atoms with Gasteiger partial charge >= 0.3 is 0 Å². The molecule has 27 heavy (non-hydrogen) atoms. The van der Waals surface area contributed by atoms with Crippen LogP contribution in [0.25, 0.3) is 0 Å². The van der Waals surface area contributed by atoms with Crippen LogP contribution in [0.2, 0.25) is 0 Å².